The molecule has 1 unspecified atom stereocenters. The molecule has 144 valence electrons. The number of piperidine rings is 1. The molecule has 0 radical (unpaired) electrons. The van der Waals surface area contributed by atoms with E-state index in [1.165, 1.54) is 6.07 Å². The van der Waals surface area contributed by atoms with Crippen molar-refractivity contribution in [1.29, 1.82) is 0 Å². The lowest BCUT2D eigenvalue weighted by molar-refractivity contribution is -0.126. The zero-order valence-electron chi connectivity index (χ0n) is 14.8. The van der Waals surface area contributed by atoms with Crippen LogP contribution < -0.4 is 10.2 Å². The van der Waals surface area contributed by atoms with Gasteiger partial charge in [0.05, 0.1) is 12.3 Å². The van der Waals surface area contributed by atoms with Gasteiger partial charge in [-0.25, -0.2) is 13.8 Å². The maximum absolute atomic E-state index is 13.6. The highest BCUT2D eigenvalue weighted by Crippen LogP contribution is 2.21. The molecule has 6 nitrogen and oxygen atoms in total. The first kappa shape index (κ1) is 19.2. The molecule has 2 aromatic rings. The predicted octanol–water partition coefficient (Wildman–Crippen LogP) is 1.69. The van der Waals surface area contributed by atoms with Gasteiger partial charge in [-0.15, -0.1) is 0 Å². The number of benzene rings is 1. The van der Waals surface area contributed by atoms with Crippen molar-refractivity contribution in [2.24, 2.45) is 5.92 Å². The third-order valence-electron chi connectivity index (χ3n) is 4.72. The maximum Gasteiger partial charge on any atom is 0.223 e. The minimum Gasteiger partial charge on any atom is -0.391 e. The summed E-state index contributed by atoms with van der Waals surface area (Å²) in [4.78, 5) is 22.7. The largest absolute Gasteiger partial charge is 0.391 e. The Morgan fingerprint density at radius 1 is 1.30 bits per heavy atom. The van der Waals surface area contributed by atoms with Gasteiger partial charge in [-0.3, -0.25) is 9.78 Å². The van der Waals surface area contributed by atoms with E-state index in [0.717, 1.165) is 18.0 Å². The summed E-state index contributed by atoms with van der Waals surface area (Å²) in [5.41, 5.74) is 0.218. The first-order valence-electron chi connectivity index (χ1n) is 8.93. The smallest absolute Gasteiger partial charge is 0.223 e. The highest BCUT2D eigenvalue weighted by atomic mass is 19.1. The van der Waals surface area contributed by atoms with Crippen molar-refractivity contribution >= 4 is 11.7 Å². The molecular formula is C19H22F2N4O2. The second kappa shape index (κ2) is 8.85. The van der Waals surface area contributed by atoms with Gasteiger partial charge in [-0.1, -0.05) is 6.07 Å². The molecule has 0 aliphatic carbocycles. The minimum atomic E-state index is -0.936. The van der Waals surface area contributed by atoms with Crippen molar-refractivity contribution in [1.82, 2.24) is 15.3 Å². The number of aromatic nitrogens is 2. The van der Waals surface area contributed by atoms with Gasteiger partial charge in [0.25, 0.3) is 0 Å². The Morgan fingerprint density at radius 3 is 2.74 bits per heavy atom. The zero-order valence-corrected chi connectivity index (χ0v) is 14.8. The number of rotatable bonds is 6. The maximum atomic E-state index is 13.6. The summed E-state index contributed by atoms with van der Waals surface area (Å²) in [7, 11) is 0. The Hall–Kier alpha value is -2.61. The first-order valence-corrected chi connectivity index (χ1v) is 8.93. The predicted molar refractivity (Wildman–Crippen MR) is 96.0 cm³/mol. The number of hydrogen-bond acceptors (Lipinski definition) is 5. The van der Waals surface area contributed by atoms with Crippen molar-refractivity contribution in [2.45, 2.75) is 25.4 Å². The van der Waals surface area contributed by atoms with Crippen molar-refractivity contribution in [3.63, 3.8) is 0 Å². The van der Waals surface area contributed by atoms with E-state index in [2.05, 4.69) is 20.2 Å². The number of nitrogens with one attached hydrogen (secondary N) is 1. The average molecular weight is 376 g/mol. The summed E-state index contributed by atoms with van der Waals surface area (Å²) in [6, 6.07) is 3.23. The molecule has 0 spiro atoms. The molecule has 3 rings (SSSR count). The van der Waals surface area contributed by atoms with Crippen LogP contribution in [0.4, 0.5) is 14.6 Å². The third-order valence-corrected chi connectivity index (χ3v) is 4.72. The van der Waals surface area contributed by atoms with Crippen LogP contribution in [0.3, 0.4) is 0 Å². The highest BCUT2D eigenvalue weighted by Gasteiger charge is 2.26. The van der Waals surface area contributed by atoms with Gasteiger partial charge in [0.15, 0.2) is 0 Å². The van der Waals surface area contributed by atoms with Gasteiger partial charge in [-0.05, 0) is 24.5 Å². The number of amides is 1. The van der Waals surface area contributed by atoms with Crippen LogP contribution in [0.5, 0.6) is 0 Å². The van der Waals surface area contributed by atoms with E-state index in [1.54, 1.807) is 18.6 Å². The van der Waals surface area contributed by atoms with Gasteiger partial charge in [0.2, 0.25) is 5.91 Å². The van der Waals surface area contributed by atoms with Crippen LogP contribution in [-0.2, 0) is 11.2 Å². The quantitative estimate of drug-likeness (QED) is 0.802. The lowest BCUT2D eigenvalue weighted by Gasteiger charge is -2.32. The molecule has 0 bridgehead atoms. The Labute approximate surface area is 156 Å². The molecule has 8 heteroatoms. The normalized spacial score (nSPS) is 16.2. The number of aliphatic hydroxyl groups is 1. The molecule has 1 aliphatic rings. The fraction of sp³-hybridized carbons (Fsp3) is 0.421. The van der Waals surface area contributed by atoms with Crippen molar-refractivity contribution in [3.05, 3.63) is 54.0 Å². The summed E-state index contributed by atoms with van der Waals surface area (Å²) >= 11 is 0. The fourth-order valence-electron chi connectivity index (χ4n) is 3.20. The number of carbonyl (C=O) groups is 1. The molecule has 2 heterocycles. The molecule has 1 atom stereocenters. The van der Waals surface area contributed by atoms with Gasteiger partial charge >= 0.3 is 0 Å². The molecule has 2 N–H and O–H groups in total. The van der Waals surface area contributed by atoms with Crippen molar-refractivity contribution < 1.29 is 18.7 Å². The van der Waals surface area contributed by atoms with Crippen LogP contribution in [0.15, 0.2) is 36.8 Å². The standard InChI is InChI=1S/C19H22F2N4O2/c20-15-2-1-14(17(21)10-15)9-16(26)11-24-19(27)13-3-7-25(8-4-13)18-12-22-5-6-23-18/h1-2,5-6,10,12-13,16,26H,3-4,7-9,11H2,(H,24,27). The summed E-state index contributed by atoms with van der Waals surface area (Å²) < 4.78 is 26.5. The fourth-order valence-corrected chi connectivity index (χ4v) is 3.20. The van der Waals surface area contributed by atoms with Crippen LogP contribution in [0.2, 0.25) is 0 Å². The van der Waals surface area contributed by atoms with E-state index in [-0.39, 0.29) is 30.4 Å². The third kappa shape index (κ3) is 5.19. The summed E-state index contributed by atoms with van der Waals surface area (Å²) in [5, 5.41) is 12.8. The van der Waals surface area contributed by atoms with E-state index in [4.69, 9.17) is 0 Å². The van der Waals surface area contributed by atoms with E-state index in [1.807, 2.05) is 0 Å². The average Bonchev–Trinajstić information content (AvgIpc) is 2.69. The number of carbonyl (C=O) groups excluding carboxylic acids is 1. The van der Waals surface area contributed by atoms with E-state index in [0.29, 0.717) is 25.9 Å². The van der Waals surface area contributed by atoms with E-state index in [9.17, 15) is 18.7 Å². The number of aliphatic hydroxyl groups excluding tert-OH is 1. The second-order valence-corrected chi connectivity index (χ2v) is 6.66. The molecule has 0 saturated carbocycles. The number of halogens is 2. The van der Waals surface area contributed by atoms with Gasteiger partial charge in [0.1, 0.15) is 17.5 Å². The van der Waals surface area contributed by atoms with Gasteiger partial charge in [-0.2, -0.15) is 0 Å². The van der Waals surface area contributed by atoms with Crippen molar-refractivity contribution in [2.75, 3.05) is 24.5 Å². The molecular weight excluding hydrogens is 354 g/mol. The SMILES string of the molecule is O=C(NCC(O)Cc1ccc(F)cc1F)C1CCN(c2cnccn2)CC1. The minimum absolute atomic E-state index is 0.0114. The summed E-state index contributed by atoms with van der Waals surface area (Å²) in [5.74, 6) is -0.808. The van der Waals surface area contributed by atoms with Gasteiger partial charge < -0.3 is 15.3 Å². The van der Waals surface area contributed by atoms with Crippen LogP contribution >= 0.6 is 0 Å². The van der Waals surface area contributed by atoms with Crippen LogP contribution in [0.25, 0.3) is 0 Å². The lowest BCUT2D eigenvalue weighted by atomic mass is 9.96. The molecule has 27 heavy (non-hydrogen) atoms. The topological polar surface area (TPSA) is 78.4 Å². The van der Waals surface area contributed by atoms with E-state index < -0.39 is 17.7 Å². The molecule has 1 fully saturated rings. The van der Waals surface area contributed by atoms with Crippen LogP contribution in [0.1, 0.15) is 18.4 Å². The highest BCUT2D eigenvalue weighted by molar-refractivity contribution is 5.79. The summed E-state index contributed by atoms with van der Waals surface area (Å²) in [6.45, 7) is 1.44. The van der Waals surface area contributed by atoms with E-state index >= 15 is 0 Å². The van der Waals surface area contributed by atoms with Crippen molar-refractivity contribution in [3.8, 4) is 0 Å². The Balaban J connectivity index is 1.43. The molecule has 1 saturated heterocycles. The molecule has 1 aromatic heterocycles. The van der Waals surface area contributed by atoms with Gasteiger partial charge in [0, 0.05) is 50.4 Å². The second-order valence-electron chi connectivity index (χ2n) is 6.66. The monoisotopic (exact) mass is 376 g/mol. The van der Waals surface area contributed by atoms with Crippen LogP contribution in [0, 0.1) is 17.6 Å². The number of nitrogens with zero attached hydrogens (tertiary/aromatic N) is 3. The Kier molecular flexibility index (Phi) is 6.28. The molecule has 1 aromatic carbocycles. The Bertz CT molecular complexity index is 768. The zero-order chi connectivity index (χ0) is 19.2. The molecule has 1 aliphatic heterocycles. The lowest BCUT2D eigenvalue weighted by Crippen LogP contribution is -2.43. The summed E-state index contributed by atoms with van der Waals surface area (Å²) in [6.07, 6.45) is 5.40. The first-order chi connectivity index (χ1) is 13.0. The Morgan fingerprint density at radius 2 is 2.07 bits per heavy atom. The molecule has 1 amide bonds. The number of anilines is 1. The number of hydrogen-bond donors (Lipinski definition) is 2. The van der Waals surface area contributed by atoms with Crippen LogP contribution in [-0.4, -0.2) is 46.7 Å².